The quantitative estimate of drug-likeness (QED) is 0.868. The SMILES string of the molecule is COc1cc(Cl)c(F)c(CCCC(=O)O)c1OC. The molecule has 0 unspecified atom stereocenters. The number of carboxylic acid groups (broad SMARTS) is 1. The molecule has 1 rings (SSSR count). The Morgan fingerprint density at radius 1 is 1.44 bits per heavy atom. The van der Waals surface area contributed by atoms with Gasteiger partial charge in [0.05, 0.1) is 19.2 Å². The smallest absolute Gasteiger partial charge is 0.303 e. The lowest BCUT2D eigenvalue weighted by Gasteiger charge is -2.14. The maximum Gasteiger partial charge on any atom is 0.303 e. The van der Waals surface area contributed by atoms with Crippen molar-refractivity contribution in [2.45, 2.75) is 19.3 Å². The second kappa shape index (κ2) is 6.44. The second-order valence-electron chi connectivity index (χ2n) is 3.63. The van der Waals surface area contributed by atoms with Crippen LogP contribution >= 0.6 is 11.6 Å². The van der Waals surface area contributed by atoms with Crippen LogP contribution in [-0.4, -0.2) is 25.3 Å². The average molecular weight is 277 g/mol. The summed E-state index contributed by atoms with van der Waals surface area (Å²) >= 11 is 5.74. The highest BCUT2D eigenvalue weighted by atomic mass is 35.5. The fourth-order valence-electron chi connectivity index (χ4n) is 1.65. The summed E-state index contributed by atoms with van der Waals surface area (Å²) in [4.78, 5) is 10.4. The van der Waals surface area contributed by atoms with Gasteiger partial charge in [-0.15, -0.1) is 0 Å². The molecule has 1 N–H and O–H groups in total. The summed E-state index contributed by atoms with van der Waals surface area (Å²) in [6.45, 7) is 0. The first kappa shape index (κ1) is 14.6. The average Bonchev–Trinajstić information content (AvgIpc) is 2.33. The van der Waals surface area contributed by atoms with E-state index in [0.29, 0.717) is 12.2 Å². The van der Waals surface area contributed by atoms with Gasteiger partial charge in [0.15, 0.2) is 11.5 Å². The molecular weight excluding hydrogens is 263 g/mol. The topological polar surface area (TPSA) is 55.8 Å². The van der Waals surface area contributed by atoms with Gasteiger partial charge >= 0.3 is 5.97 Å². The van der Waals surface area contributed by atoms with Crippen LogP contribution in [0.2, 0.25) is 5.02 Å². The van der Waals surface area contributed by atoms with Gasteiger partial charge in [-0.1, -0.05) is 11.6 Å². The second-order valence-corrected chi connectivity index (χ2v) is 4.04. The van der Waals surface area contributed by atoms with Crippen molar-refractivity contribution >= 4 is 17.6 Å². The van der Waals surface area contributed by atoms with Gasteiger partial charge in [-0.05, 0) is 12.8 Å². The molecule has 0 bridgehead atoms. The molecule has 0 aliphatic heterocycles. The van der Waals surface area contributed by atoms with Crippen molar-refractivity contribution in [3.05, 3.63) is 22.5 Å². The van der Waals surface area contributed by atoms with E-state index in [1.165, 1.54) is 20.3 Å². The first-order chi connectivity index (χ1) is 8.51. The molecule has 4 nitrogen and oxygen atoms in total. The number of aliphatic carboxylic acids is 1. The molecule has 0 heterocycles. The minimum atomic E-state index is -0.927. The van der Waals surface area contributed by atoms with E-state index in [1.54, 1.807) is 0 Å². The van der Waals surface area contributed by atoms with Crippen LogP contribution in [0.15, 0.2) is 6.07 Å². The van der Waals surface area contributed by atoms with Gasteiger partial charge in [0.2, 0.25) is 0 Å². The lowest BCUT2D eigenvalue weighted by atomic mass is 10.1. The van der Waals surface area contributed by atoms with E-state index in [4.69, 9.17) is 26.2 Å². The molecule has 0 aliphatic carbocycles. The Morgan fingerprint density at radius 2 is 2.11 bits per heavy atom. The highest BCUT2D eigenvalue weighted by molar-refractivity contribution is 6.31. The lowest BCUT2D eigenvalue weighted by Crippen LogP contribution is -2.02. The number of rotatable bonds is 6. The molecule has 0 saturated heterocycles. The fourth-order valence-corrected chi connectivity index (χ4v) is 1.86. The highest BCUT2D eigenvalue weighted by Gasteiger charge is 2.18. The van der Waals surface area contributed by atoms with Crippen LogP contribution in [0.1, 0.15) is 18.4 Å². The minimum absolute atomic E-state index is 0.0442. The Morgan fingerprint density at radius 3 is 2.61 bits per heavy atom. The summed E-state index contributed by atoms with van der Waals surface area (Å²) < 4.78 is 24.0. The van der Waals surface area contributed by atoms with Crippen LogP contribution in [0.3, 0.4) is 0 Å². The Balaban J connectivity index is 3.06. The molecule has 0 aliphatic rings. The molecule has 18 heavy (non-hydrogen) atoms. The van der Waals surface area contributed by atoms with Crippen molar-refractivity contribution in [1.82, 2.24) is 0 Å². The normalized spacial score (nSPS) is 10.2. The molecular formula is C12H14ClFO4. The Bertz CT molecular complexity index is 448. The zero-order chi connectivity index (χ0) is 13.7. The van der Waals surface area contributed by atoms with E-state index in [0.717, 1.165) is 0 Å². The van der Waals surface area contributed by atoms with E-state index in [1.807, 2.05) is 0 Å². The van der Waals surface area contributed by atoms with Crippen molar-refractivity contribution in [1.29, 1.82) is 0 Å². The van der Waals surface area contributed by atoms with E-state index in [9.17, 15) is 9.18 Å². The summed E-state index contributed by atoms with van der Waals surface area (Å²) in [6.07, 6.45) is 0.474. The number of halogens is 2. The number of benzene rings is 1. The maximum atomic E-state index is 13.9. The summed E-state index contributed by atoms with van der Waals surface area (Å²) in [6, 6.07) is 1.33. The van der Waals surface area contributed by atoms with Crippen molar-refractivity contribution in [3.8, 4) is 11.5 Å². The zero-order valence-corrected chi connectivity index (χ0v) is 10.9. The monoisotopic (exact) mass is 276 g/mol. The molecule has 0 amide bonds. The van der Waals surface area contributed by atoms with Crippen molar-refractivity contribution in [2.75, 3.05) is 14.2 Å². The first-order valence-corrected chi connectivity index (χ1v) is 5.69. The van der Waals surface area contributed by atoms with Crippen LogP contribution in [0.25, 0.3) is 0 Å². The lowest BCUT2D eigenvalue weighted by molar-refractivity contribution is -0.137. The number of carbonyl (C=O) groups is 1. The third kappa shape index (κ3) is 3.26. The molecule has 0 saturated carbocycles. The maximum absolute atomic E-state index is 13.9. The largest absolute Gasteiger partial charge is 0.493 e. The van der Waals surface area contributed by atoms with Crippen LogP contribution in [0.5, 0.6) is 11.5 Å². The molecule has 1 aromatic carbocycles. The molecule has 0 fully saturated rings. The molecule has 6 heteroatoms. The number of carboxylic acids is 1. The fraction of sp³-hybridized carbons (Fsp3) is 0.417. The third-order valence-electron chi connectivity index (χ3n) is 2.47. The first-order valence-electron chi connectivity index (χ1n) is 5.31. The van der Waals surface area contributed by atoms with E-state index < -0.39 is 11.8 Å². The van der Waals surface area contributed by atoms with Gasteiger partial charge in [0, 0.05) is 18.1 Å². The van der Waals surface area contributed by atoms with Crippen LogP contribution in [-0.2, 0) is 11.2 Å². The highest BCUT2D eigenvalue weighted by Crippen LogP contribution is 2.37. The molecule has 100 valence electrons. The number of ether oxygens (including phenoxy) is 2. The minimum Gasteiger partial charge on any atom is -0.493 e. The van der Waals surface area contributed by atoms with Crippen molar-refractivity contribution in [2.24, 2.45) is 0 Å². The molecule has 0 radical (unpaired) electrons. The van der Waals surface area contributed by atoms with E-state index in [-0.39, 0.29) is 29.2 Å². The van der Waals surface area contributed by atoms with Crippen molar-refractivity contribution in [3.63, 3.8) is 0 Å². The number of methoxy groups -OCH3 is 2. The van der Waals surface area contributed by atoms with Crippen LogP contribution in [0.4, 0.5) is 4.39 Å². The predicted molar refractivity (Wildman–Crippen MR) is 65.1 cm³/mol. The van der Waals surface area contributed by atoms with Gasteiger partial charge in [-0.3, -0.25) is 4.79 Å². The summed E-state index contributed by atoms with van der Waals surface area (Å²) in [5, 5.41) is 8.50. The van der Waals surface area contributed by atoms with E-state index >= 15 is 0 Å². The molecule has 0 atom stereocenters. The Labute approximate surface area is 109 Å². The molecule has 0 spiro atoms. The third-order valence-corrected chi connectivity index (χ3v) is 2.75. The van der Waals surface area contributed by atoms with Gasteiger partial charge in [-0.25, -0.2) is 4.39 Å². The van der Waals surface area contributed by atoms with Crippen molar-refractivity contribution < 1.29 is 23.8 Å². The zero-order valence-electron chi connectivity index (χ0n) is 10.1. The summed E-state index contributed by atoms with van der Waals surface area (Å²) in [5.74, 6) is -0.943. The van der Waals surface area contributed by atoms with Crippen LogP contribution in [0, 0.1) is 5.82 Å². The standard InChI is InChI=1S/C12H14ClFO4/c1-17-9-6-8(13)11(14)7(12(9)18-2)4-3-5-10(15)16/h6H,3-5H2,1-2H3,(H,15,16). The summed E-state index contributed by atoms with van der Waals surface area (Å²) in [7, 11) is 2.82. The molecule has 1 aromatic rings. The number of hydrogen-bond donors (Lipinski definition) is 1. The predicted octanol–water partition coefficient (Wildman–Crippen LogP) is 2.90. The van der Waals surface area contributed by atoms with E-state index in [2.05, 4.69) is 0 Å². The summed E-state index contributed by atoms with van der Waals surface area (Å²) in [5.41, 5.74) is 0.239. The van der Waals surface area contributed by atoms with Gasteiger partial charge in [0.25, 0.3) is 0 Å². The number of hydrogen-bond acceptors (Lipinski definition) is 3. The van der Waals surface area contributed by atoms with Gasteiger partial charge in [0.1, 0.15) is 5.82 Å². The van der Waals surface area contributed by atoms with Crippen LogP contribution < -0.4 is 9.47 Å². The Hall–Kier alpha value is -1.49. The molecule has 0 aromatic heterocycles. The Kier molecular flexibility index (Phi) is 5.22. The van der Waals surface area contributed by atoms with Gasteiger partial charge in [-0.2, -0.15) is 0 Å². The van der Waals surface area contributed by atoms with Gasteiger partial charge < -0.3 is 14.6 Å².